The van der Waals surface area contributed by atoms with Crippen molar-refractivity contribution >= 4 is 11.4 Å². The lowest BCUT2D eigenvalue weighted by atomic mass is 10.0. The first-order chi connectivity index (χ1) is 8.59. The fourth-order valence-electron chi connectivity index (χ4n) is 2.41. The number of nitrogens with zero attached hydrogens (tertiary/aromatic N) is 4. The summed E-state index contributed by atoms with van der Waals surface area (Å²) in [6.07, 6.45) is 5.01. The van der Waals surface area contributed by atoms with E-state index in [1.165, 1.54) is 6.20 Å². The van der Waals surface area contributed by atoms with Crippen LogP contribution in [0.25, 0.3) is 0 Å². The Bertz CT molecular complexity index is 428. The molecule has 0 atom stereocenters. The Morgan fingerprint density at radius 3 is 2.67 bits per heavy atom. The normalized spacial score (nSPS) is 17.2. The molecule has 0 saturated carbocycles. The van der Waals surface area contributed by atoms with Crippen LogP contribution >= 0.6 is 0 Å². The first-order valence-electron chi connectivity index (χ1n) is 6.09. The number of aromatic nitrogens is 1. The van der Waals surface area contributed by atoms with Crippen LogP contribution < -0.4 is 4.90 Å². The molecule has 0 amide bonds. The van der Waals surface area contributed by atoms with Gasteiger partial charge in [-0.1, -0.05) is 0 Å². The second-order valence-electron chi connectivity index (χ2n) is 4.80. The van der Waals surface area contributed by atoms with Crippen LogP contribution in [-0.2, 0) is 0 Å². The predicted octanol–water partition coefficient (Wildman–Crippen LogP) is 1.52. The fraction of sp³-hybridized carbons (Fsp3) is 0.583. The van der Waals surface area contributed by atoms with Gasteiger partial charge in [0.2, 0.25) is 0 Å². The van der Waals surface area contributed by atoms with Crippen LogP contribution in [0, 0.1) is 10.1 Å². The lowest BCUT2D eigenvalue weighted by Crippen LogP contribution is -2.42. The molecule has 0 aromatic carbocycles. The molecule has 0 aliphatic carbocycles. The SMILES string of the molecule is CN(C)C1CCN(c2ccncc2[N+](=O)[O-])CC1. The summed E-state index contributed by atoms with van der Waals surface area (Å²) in [6, 6.07) is 2.30. The van der Waals surface area contributed by atoms with Gasteiger partial charge in [0.25, 0.3) is 0 Å². The maximum atomic E-state index is 11.0. The molecule has 1 aromatic heterocycles. The Kier molecular flexibility index (Phi) is 3.76. The number of hydrogen-bond donors (Lipinski definition) is 0. The highest BCUT2D eigenvalue weighted by atomic mass is 16.6. The third-order valence-electron chi connectivity index (χ3n) is 3.51. The van der Waals surface area contributed by atoms with Crippen LogP contribution in [0.1, 0.15) is 12.8 Å². The average molecular weight is 250 g/mol. The molecular weight excluding hydrogens is 232 g/mol. The molecule has 1 aliphatic rings. The van der Waals surface area contributed by atoms with Crippen LogP contribution in [0.4, 0.5) is 11.4 Å². The van der Waals surface area contributed by atoms with E-state index in [1.807, 2.05) is 0 Å². The molecule has 0 N–H and O–H groups in total. The lowest BCUT2D eigenvalue weighted by Gasteiger charge is -2.36. The Morgan fingerprint density at radius 1 is 1.44 bits per heavy atom. The largest absolute Gasteiger partial charge is 0.366 e. The quantitative estimate of drug-likeness (QED) is 0.601. The molecule has 6 nitrogen and oxygen atoms in total. The maximum Gasteiger partial charge on any atom is 0.310 e. The Balaban J connectivity index is 2.12. The van der Waals surface area contributed by atoms with Gasteiger partial charge in [-0.05, 0) is 33.0 Å². The van der Waals surface area contributed by atoms with Gasteiger partial charge in [-0.2, -0.15) is 0 Å². The molecule has 0 bridgehead atoms. The van der Waals surface area contributed by atoms with Crippen LogP contribution in [0.15, 0.2) is 18.5 Å². The highest BCUT2D eigenvalue weighted by molar-refractivity contribution is 5.61. The summed E-state index contributed by atoms with van der Waals surface area (Å²) in [5.74, 6) is 0. The van der Waals surface area contributed by atoms with E-state index in [2.05, 4.69) is 28.9 Å². The molecule has 6 heteroatoms. The highest BCUT2D eigenvalue weighted by Gasteiger charge is 2.25. The van der Waals surface area contributed by atoms with E-state index in [9.17, 15) is 10.1 Å². The van der Waals surface area contributed by atoms with Gasteiger partial charge < -0.3 is 9.80 Å². The van der Waals surface area contributed by atoms with Gasteiger partial charge in [0.15, 0.2) is 0 Å². The first kappa shape index (κ1) is 12.8. The summed E-state index contributed by atoms with van der Waals surface area (Å²) in [7, 11) is 4.16. The Morgan fingerprint density at radius 2 is 2.11 bits per heavy atom. The molecule has 2 heterocycles. The topological polar surface area (TPSA) is 62.5 Å². The van der Waals surface area contributed by atoms with E-state index in [1.54, 1.807) is 12.3 Å². The van der Waals surface area contributed by atoms with Crippen molar-refractivity contribution in [2.75, 3.05) is 32.1 Å². The van der Waals surface area contributed by atoms with E-state index in [4.69, 9.17) is 0 Å². The van der Waals surface area contributed by atoms with Crippen LogP contribution in [0.5, 0.6) is 0 Å². The zero-order chi connectivity index (χ0) is 13.1. The van der Waals surface area contributed by atoms with Gasteiger partial charge in [0, 0.05) is 25.3 Å². The van der Waals surface area contributed by atoms with E-state index in [0.717, 1.165) is 25.9 Å². The first-order valence-corrected chi connectivity index (χ1v) is 6.09. The third-order valence-corrected chi connectivity index (χ3v) is 3.51. The van der Waals surface area contributed by atoms with Crippen molar-refractivity contribution in [1.29, 1.82) is 0 Å². The number of pyridine rings is 1. The monoisotopic (exact) mass is 250 g/mol. The van der Waals surface area contributed by atoms with E-state index in [0.29, 0.717) is 11.7 Å². The molecule has 1 fully saturated rings. The minimum absolute atomic E-state index is 0.0980. The van der Waals surface area contributed by atoms with Crippen molar-refractivity contribution in [1.82, 2.24) is 9.88 Å². The number of nitro groups is 1. The second kappa shape index (κ2) is 5.30. The Hall–Kier alpha value is -1.69. The van der Waals surface area contributed by atoms with Gasteiger partial charge in [-0.15, -0.1) is 0 Å². The van der Waals surface area contributed by atoms with Crippen LogP contribution in [0.2, 0.25) is 0 Å². The van der Waals surface area contributed by atoms with Crippen LogP contribution in [-0.4, -0.2) is 48.0 Å². The second-order valence-corrected chi connectivity index (χ2v) is 4.80. The smallest absolute Gasteiger partial charge is 0.310 e. The zero-order valence-corrected chi connectivity index (χ0v) is 10.7. The molecular formula is C12H18N4O2. The molecule has 18 heavy (non-hydrogen) atoms. The van der Waals surface area contributed by atoms with Crippen molar-refractivity contribution in [3.63, 3.8) is 0 Å². The fourth-order valence-corrected chi connectivity index (χ4v) is 2.41. The molecule has 98 valence electrons. The number of anilines is 1. The summed E-state index contributed by atoms with van der Waals surface area (Å²) >= 11 is 0. The predicted molar refractivity (Wildman–Crippen MR) is 69.8 cm³/mol. The summed E-state index contributed by atoms with van der Waals surface area (Å²) in [5.41, 5.74) is 0.785. The molecule has 1 saturated heterocycles. The maximum absolute atomic E-state index is 11.0. The molecule has 1 aliphatic heterocycles. The summed E-state index contributed by atoms with van der Waals surface area (Å²) in [6.45, 7) is 1.71. The minimum Gasteiger partial charge on any atom is -0.366 e. The number of piperidine rings is 1. The number of hydrogen-bond acceptors (Lipinski definition) is 5. The standard InChI is InChI=1S/C12H18N4O2/c1-14(2)10-4-7-15(8-5-10)11-3-6-13-9-12(11)16(17)18/h3,6,9-10H,4-5,7-8H2,1-2H3. The van der Waals surface area contributed by atoms with Gasteiger partial charge in [0.05, 0.1) is 4.92 Å². The molecule has 0 unspecified atom stereocenters. The summed E-state index contributed by atoms with van der Waals surface area (Å²) in [5, 5.41) is 11.0. The van der Waals surface area contributed by atoms with Gasteiger partial charge in [-0.25, -0.2) is 0 Å². The lowest BCUT2D eigenvalue weighted by molar-refractivity contribution is -0.384. The van der Waals surface area contributed by atoms with Crippen LogP contribution in [0.3, 0.4) is 0 Å². The molecule has 2 rings (SSSR count). The minimum atomic E-state index is -0.361. The summed E-state index contributed by atoms with van der Waals surface area (Å²) in [4.78, 5) is 18.7. The molecule has 1 aromatic rings. The van der Waals surface area contributed by atoms with E-state index < -0.39 is 0 Å². The van der Waals surface area contributed by atoms with Crippen molar-refractivity contribution in [3.8, 4) is 0 Å². The van der Waals surface area contributed by atoms with Crippen molar-refractivity contribution < 1.29 is 4.92 Å². The van der Waals surface area contributed by atoms with Crippen molar-refractivity contribution in [3.05, 3.63) is 28.6 Å². The molecule has 0 spiro atoms. The zero-order valence-electron chi connectivity index (χ0n) is 10.7. The van der Waals surface area contributed by atoms with Gasteiger partial charge >= 0.3 is 5.69 Å². The van der Waals surface area contributed by atoms with E-state index in [-0.39, 0.29) is 10.6 Å². The number of rotatable bonds is 3. The third kappa shape index (κ3) is 2.59. The van der Waals surface area contributed by atoms with Gasteiger partial charge in [0.1, 0.15) is 11.9 Å². The van der Waals surface area contributed by atoms with Crippen molar-refractivity contribution in [2.45, 2.75) is 18.9 Å². The van der Waals surface area contributed by atoms with Gasteiger partial charge in [-0.3, -0.25) is 15.1 Å². The average Bonchev–Trinajstić information content (AvgIpc) is 2.39. The highest BCUT2D eigenvalue weighted by Crippen LogP contribution is 2.29. The summed E-state index contributed by atoms with van der Waals surface area (Å²) < 4.78 is 0. The Labute approximate surface area is 106 Å². The van der Waals surface area contributed by atoms with E-state index >= 15 is 0 Å². The molecule has 0 radical (unpaired) electrons. The van der Waals surface area contributed by atoms with Crippen molar-refractivity contribution in [2.24, 2.45) is 0 Å².